The number of carbonyl (C=O) groups excluding carboxylic acids is 2. The Balaban J connectivity index is 1.56. The quantitative estimate of drug-likeness (QED) is 0.749. The summed E-state index contributed by atoms with van der Waals surface area (Å²) in [6.45, 7) is 5.04. The van der Waals surface area contributed by atoms with Crippen molar-refractivity contribution in [1.29, 1.82) is 0 Å². The van der Waals surface area contributed by atoms with E-state index in [4.69, 9.17) is 0 Å². The Morgan fingerprint density at radius 1 is 1.26 bits per heavy atom. The molecule has 0 fully saturated rings. The van der Waals surface area contributed by atoms with Gasteiger partial charge in [-0.25, -0.2) is 4.98 Å². The number of imidazole rings is 1. The van der Waals surface area contributed by atoms with Crippen LogP contribution in [-0.4, -0.2) is 27.4 Å². The summed E-state index contributed by atoms with van der Waals surface area (Å²) in [5.41, 5.74) is 4.15. The highest BCUT2D eigenvalue weighted by Gasteiger charge is 2.28. The fourth-order valence-corrected chi connectivity index (χ4v) is 3.69. The highest BCUT2D eigenvalue weighted by Crippen LogP contribution is 2.22. The monoisotopic (exact) mass is 362 g/mol. The minimum absolute atomic E-state index is 0.207. The third-order valence-electron chi connectivity index (χ3n) is 5.04. The first kappa shape index (κ1) is 17.3. The number of hydrogen-bond acceptors (Lipinski definition) is 3. The molecule has 0 bridgehead atoms. The largest absolute Gasteiger partial charge is 0.340 e. The number of benzene rings is 2. The standard InChI is InChI=1S/C21H22N4O2/c1-3-19-23-16-12-14(9-10-18(16)25(19)4-2)22-21(27)17-11-13-7-5-6-8-15(13)20(26)24-17/h5-10,12,17H,3-4,11H2,1-2H3,(H,22,27)(H,24,26). The van der Waals surface area contributed by atoms with Gasteiger partial charge in [0.2, 0.25) is 5.91 Å². The Morgan fingerprint density at radius 3 is 2.85 bits per heavy atom. The van der Waals surface area contributed by atoms with Crippen LogP contribution in [0.25, 0.3) is 11.0 Å². The second-order valence-corrected chi connectivity index (χ2v) is 6.71. The summed E-state index contributed by atoms with van der Waals surface area (Å²) in [7, 11) is 0. The number of nitrogens with one attached hydrogen (secondary N) is 2. The molecule has 3 aromatic rings. The molecule has 138 valence electrons. The number of carbonyl (C=O) groups is 2. The van der Waals surface area contributed by atoms with E-state index in [0.717, 1.165) is 35.4 Å². The molecule has 6 heteroatoms. The van der Waals surface area contributed by atoms with Crippen molar-refractivity contribution in [2.24, 2.45) is 0 Å². The smallest absolute Gasteiger partial charge is 0.252 e. The number of hydrogen-bond donors (Lipinski definition) is 2. The molecule has 0 aliphatic carbocycles. The maximum Gasteiger partial charge on any atom is 0.252 e. The number of nitrogens with zero attached hydrogens (tertiary/aromatic N) is 2. The Bertz CT molecular complexity index is 1040. The highest BCUT2D eigenvalue weighted by molar-refractivity contribution is 6.04. The van der Waals surface area contributed by atoms with Crippen molar-refractivity contribution in [2.45, 2.75) is 39.3 Å². The van der Waals surface area contributed by atoms with Crippen molar-refractivity contribution in [2.75, 3.05) is 5.32 Å². The molecular formula is C21H22N4O2. The zero-order chi connectivity index (χ0) is 19.0. The third-order valence-corrected chi connectivity index (χ3v) is 5.04. The lowest BCUT2D eigenvalue weighted by Gasteiger charge is -2.24. The molecule has 2 heterocycles. The van der Waals surface area contributed by atoms with E-state index >= 15 is 0 Å². The molecule has 6 nitrogen and oxygen atoms in total. The molecule has 0 spiro atoms. The van der Waals surface area contributed by atoms with Crippen LogP contribution in [0.1, 0.15) is 35.6 Å². The molecule has 2 amide bonds. The average Bonchev–Trinajstić information content (AvgIpc) is 3.04. The number of rotatable bonds is 4. The topological polar surface area (TPSA) is 76.0 Å². The van der Waals surface area contributed by atoms with Gasteiger partial charge < -0.3 is 15.2 Å². The van der Waals surface area contributed by atoms with E-state index in [0.29, 0.717) is 17.7 Å². The molecule has 27 heavy (non-hydrogen) atoms. The summed E-state index contributed by atoms with van der Waals surface area (Å²) >= 11 is 0. The fraction of sp³-hybridized carbons (Fsp3) is 0.286. The zero-order valence-electron chi connectivity index (χ0n) is 15.5. The van der Waals surface area contributed by atoms with Gasteiger partial charge in [0.25, 0.3) is 5.91 Å². The van der Waals surface area contributed by atoms with Crippen LogP contribution in [0.4, 0.5) is 5.69 Å². The molecule has 1 atom stereocenters. The van der Waals surface area contributed by atoms with Crippen LogP contribution in [-0.2, 0) is 24.2 Å². The van der Waals surface area contributed by atoms with Crippen molar-refractivity contribution >= 4 is 28.5 Å². The highest BCUT2D eigenvalue weighted by atomic mass is 16.2. The summed E-state index contributed by atoms with van der Waals surface area (Å²) in [5, 5.41) is 5.71. The Labute approximate surface area is 157 Å². The minimum Gasteiger partial charge on any atom is -0.340 e. The zero-order valence-corrected chi connectivity index (χ0v) is 15.5. The van der Waals surface area contributed by atoms with Crippen molar-refractivity contribution < 1.29 is 9.59 Å². The lowest BCUT2D eigenvalue weighted by molar-refractivity contribution is -0.118. The normalized spacial score (nSPS) is 16.1. The Kier molecular flexibility index (Phi) is 4.39. The fourth-order valence-electron chi connectivity index (χ4n) is 3.69. The maximum atomic E-state index is 12.7. The van der Waals surface area contributed by atoms with E-state index in [2.05, 4.69) is 34.0 Å². The van der Waals surface area contributed by atoms with Gasteiger partial charge in [-0.2, -0.15) is 0 Å². The maximum absolute atomic E-state index is 12.7. The first-order chi connectivity index (χ1) is 13.1. The van der Waals surface area contributed by atoms with E-state index in [1.54, 1.807) is 6.07 Å². The predicted octanol–water partition coefficient (Wildman–Crippen LogP) is 2.91. The predicted molar refractivity (Wildman–Crippen MR) is 105 cm³/mol. The van der Waals surface area contributed by atoms with Crippen LogP contribution in [0.3, 0.4) is 0 Å². The molecule has 4 rings (SSSR count). The number of fused-ring (bicyclic) bond motifs is 2. The van der Waals surface area contributed by atoms with E-state index in [1.165, 1.54) is 0 Å². The number of amides is 2. The Morgan fingerprint density at radius 2 is 2.07 bits per heavy atom. The second-order valence-electron chi connectivity index (χ2n) is 6.71. The van der Waals surface area contributed by atoms with E-state index in [1.807, 2.05) is 36.4 Å². The Hall–Kier alpha value is -3.15. The molecular weight excluding hydrogens is 340 g/mol. The van der Waals surface area contributed by atoms with Crippen LogP contribution >= 0.6 is 0 Å². The van der Waals surface area contributed by atoms with Crippen LogP contribution in [0.2, 0.25) is 0 Å². The molecule has 1 aromatic heterocycles. The van der Waals surface area contributed by atoms with Gasteiger partial charge in [-0.3, -0.25) is 9.59 Å². The molecule has 0 saturated carbocycles. The van der Waals surface area contributed by atoms with Crippen LogP contribution in [0.15, 0.2) is 42.5 Å². The summed E-state index contributed by atoms with van der Waals surface area (Å²) in [6.07, 6.45) is 1.35. The van der Waals surface area contributed by atoms with Gasteiger partial charge in [0.15, 0.2) is 0 Å². The summed E-state index contributed by atoms with van der Waals surface area (Å²) < 4.78 is 2.18. The SMILES string of the molecule is CCc1nc2cc(NC(=O)C3Cc4ccccc4C(=O)N3)ccc2n1CC. The summed E-state index contributed by atoms with van der Waals surface area (Å²) in [6, 6.07) is 12.6. The van der Waals surface area contributed by atoms with E-state index < -0.39 is 6.04 Å². The first-order valence-corrected chi connectivity index (χ1v) is 9.29. The summed E-state index contributed by atoms with van der Waals surface area (Å²) in [5.74, 6) is 0.608. The van der Waals surface area contributed by atoms with Crippen molar-refractivity contribution in [3.63, 3.8) is 0 Å². The van der Waals surface area contributed by atoms with Crippen molar-refractivity contribution in [1.82, 2.24) is 14.9 Å². The van der Waals surface area contributed by atoms with Gasteiger partial charge in [-0.1, -0.05) is 25.1 Å². The van der Waals surface area contributed by atoms with Gasteiger partial charge in [-0.05, 0) is 36.8 Å². The average molecular weight is 362 g/mol. The molecule has 1 aliphatic rings. The first-order valence-electron chi connectivity index (χ1n) is 9.29. The molecule has 1 aliphatic heterocycles. The summed E-state index contributed by atoms with van der Waals surface area (Å²) in [4.78, 5) is 29.6. The van der Waals surface area contributed by atoms with Crippen molar-refractivity contribution in [3.05, 3.63) is 59.4 Å². The van der Waals surface area contributed by atoms with E-state index in [-0.39, 0.29) is 11.8 Å². The van der Waals surface area contributed by atoms with E-state index in [9.17, 15) is 9.59 Å². The minimum atomic E-state index is -0.581. The van der Waals surface area contributed by atoms with Crippen LogP contribution in [0, 0.1) is 0 Å². The van der Waals surface area contributed by atoms with Crippen LogP contribution in [0.5, 0.6) is 0 Å². The number of aromatic nitrogens is 2. The molecule has 2 aromatic carbocycles. The van der Waals surface area contributed by atoms with Crippen molar-refractivity contribution in [3.8, 4) is 0 Å². The lowest BCUT2D eigenvalue weighted by atomic mass is 9.95. The second kappa shape index (κ2) is 6.87. The van der Waals surface area contributed by atoms with Gasteiger partial charge in [0.1, 0.15) is 11.9 Å². The van der Waals surface area contributed by atoms with Gasteiger partial charge in [-0.15, -0.1) is 0 Å². The molecule has 1 unspecified atom stereocenters. The van der Waals surface area contributed by atoms with Gasteiger partial charge >= 0.3 is 0 Å². The number of aryl methyl sites for hydroxylation is 2. The van der Waals surface area contributed by atoms with Crippen LogP contribution < -0.4 is 10.6 Å². The molecule has 0 saturated heterocycles. The van der Waals surface area contributed by atoms with Gasteiger partial charge in [0.05, 0.1) is 11.0 Å². The third kappa shape index (κ3) is 3.07. The molecule has 0 radical (unpaired) electrons. The number of anilines is 1. The van der Waals surface area contributed by atoms with Gasteiger partial charge in [0, 0.05) is 30.6 Å². The lowest BCUT2D eigenvalue weighted by Crippen LogP contribution is -2.48. The molecule has 2 N–H and O–H groups in total.